The van der Waals surface area contributed by atoms with E-state index in [2.05, 4.69) is 232 Å². The van der Waals surface area contributed by atoms with Crippen LogP contribution in [0.4, 0.5) is 22.7 Å². The second-order valence-corrected chi connectivity index (χ2v) is 18.9. The number of pyridine rings is 1. The molecular weight excluding hydrogens is 741 g/mol. The molecule has 61 heavy (non-hydrogen) atoms. The SMILES string of the molecule is CC(C)(C)c1cc(N2CN(c3ccccc3)c3ccccc32)cc(C2(c3ccc4c5ccccc5n(-c5cc(C(C)(C)C)ccn5)c4c3)c3ccccc3-c3ccccc32)c1. The lowest BCUT2D eigenvalue weighted by Gasteiger charge is -2.36. The summed E-state index contributed by atoms with van der Waals surface area (Å²) in [5.74, 6) is 0.935. The Labute approximate surface area is 359 Å². The second-order valence-electron chi connectivity index (χ2n) is 18.9. The van der Waals surface area contributed by atoms with Crippen LogP contribution in [0.15, 0.2) is 182 Å². The molecule has 0 N–H and O–H groups in total. The minimum atomic E-state index is -0.627. The summed E-state index contributed by atoms with van der Waals surface area (Å²) in [6.45, 7) is 14.6. The van der Waals surface area contributed by atoms with E-state index in [9.17, 15) is 0 Å². The zero-order chi connectivity index (χ0) is 41.7. The van der Waals surface area contributed by atoms with Crippen molar-refractivity contribution in [3.8, 4) is 16.9 Å². The van der Waals surface area contributed by atoms with Crippen molar-refractivity contribution in [1.29, 1.82) is 0 Å². The highest BCUT2D eigenvalue weighted by molar-refractivity contribution is 6.09. The predicted molar refractivity (Wildman–Crippen MR) is 255 cm³/mol. The first-order valence-corrected chi connectivity index (χ1v) is 21.6. The summed E-state index contributed by atoms with van der Waals surface area (Å²) < 4.78 is 2.39. The third-order valence-electron chi connectivity index (χ3n) is 13.2. The number of para-hydroxylation sites is 4. The minimum absolute atomic E-state index is 0.0211. The number of hydrogen-bond acceptors (Lipinski definition) is 3. The van der Waals surface area contributed by atoms with Gasteiger partial charge in [-0.1, -0.05) is 157 Å². The van der Waals surface area contributed by atoms with E-state index in [-0.39, 0.29) is 10.8 Å². The Morgan fingerprint density at radius 1 is 0.459 bits per heavy atom. The highest BCUT2D eigenvalue weighted by atomic mass is 15.4. The van der Waals surface area contributed by atoms with Crippen LogP contribution in [-0.4, -0.2) is 16.2 Å². The van der Waals surface area contributed by atoms with E-state index in [0.717, 1.165) is 16.9 Å². The molecule has 0 radical (unpaired) electrons. The molecule has 4 nitrogen and oxygen atoms in total. The van der Waals surface area contributed by atoms with E-state index in [1.807, 2.05) is 6.20 Å². The molecule has 298 valence electrons. The van der Waals surface area contributed by atoms with E-state index < -0.39 is 5.41 Å². The maximum absolute atomic E-state index is 5.06. The Bertz CT molecular complexity index is 3110. The number of hydrogen-bond donors (Lipinski definition) is 0. The molecule has 0 atom stereocenters. The van der Waals surface area contributed by atoms with Crippen molar-refractivity contribution in [3.05, 3.63) is 216 Å². The Hall–Kier alpha value is -6.91. The lowest BCUT2D eigenvalue weighted by Crippen LogP contribution is -2.30. The van der Waals surface area contributed by atoms with Crippen LogP contribution in [0.2, 0.25) is 0 Å². The number of rotatable bonds is 5. The highest BCUT2D eigenvalue weighted by Crippen LogP contribution is 2.58. The largest absolute Gasteiger partial charge is 0.321 e. The normalized spacial score (nSPS) is 14.4. The Morgan fingerprint density at radius 3 is 1.74 bits per heavy atom. The number of benzene rings is 7. The van der Waals surface area contributed by atoms with Crippen molar-refractivity contribution < 1.29 is 0 Å². The summed E-state index contributed by atoms with van der Waals surface area (Å²) >= 11 is 0. The molecule has 0 bridgehead atoms. The first-order valence-electron chi connectivity index (χ1n) is 21.6. The fourth-order valence-electron chi connectivity index (χ4n) is 10.2. The van der Waals surface area contributed by atoms with Crippen molar-refractivity contribution >= 4 is 44.6 Å². The topological polar surface area (TPSA) is 24.3 Å². The van der Waals surface area contributed by atoms with Crippen LogP contribution in [0.5, 0.6) is 0 Å². The summed E-state index contributed by atoms with van der Waals surface area (Å²) in [5.41, 5.74) is 16.6. The standard InChI is InChI=1S/C57H50N4/c1-55(2,3)38-30-31-58-54(36-38)61-50-25-15-12-22-46(50)47-29-28-39(35-53(47)61)57(48-23-13-10-20-44(48)45-21-11-14-24-49(45)57)41-32-40(56(4,5)6)33-43(34-41)60-37-59(42-18-8-7-9-19-42)51-26-16-17-27-52(51)60/h7-36H,37H2,1-6H3. The molecule has 0 unspecified atom stereocenters. The Kier molecular flexibility index (Phi) is 8.25. The van der Waals surface area contributed by atoms with E-state index in [1.165, 1.54) is 78.0 Å². The van der Waals surface area contributed by atoms with Gasteiger partial charge in [-0.15, -0.1) is 0 Å². The van der Waals surface area contributed by atoms with Crippen molar-refractivity contribution in [3.63, 3.8) is 0 Å². The number of nitrogens with zero attached hydrogens (tertiary/aromatic N) is 4. The maximum Gasteiger partial charge on any atom is 0.137 e. The summed E-state index contributed by atoms with van der Waals surface area (Å²) in [6, 6.07) is 65.7. The molecular formula is C57H50N4. The van der Waals surface area contributed by atoms with Gasteiger partial charge in [-0.25, -0.2) is 4.98 Å². The van der Waals surface area contributed by atoms with Crippen LogP contribution in [-0.2, 0) is 16.2 Å². The maximum atomic E-state index is 5.06. The van der Waals surface area contributed by atoms with Gasteiger partial charge < -0.3 is 9.80 Å². The lowest BCUT2D eigenvalue weighted by molar-refractivity contribution is 0.587. The number of anilines is 4. The first kappa shape index (κ1) is 37.1. The van der Waals surface area contributed by atoms with Gasteiger partial charge in [0.15, 0.2) is 0 Å². The number of aromatic nitrogens is 2. The molecule has 0 saturated heterocycles. The van der Waals surface area contributed by atoms with Gasteiger partial charge in [0.05, 0.1) is 27.8 Å². The van der Waals surface area contributed by atoms with Crippen molar-refractivity contribution in [2.24, 2.45) is 0 Å². The number of fused-ring (bicyclic) bond motifs is 7. The van der Waals surface area contributed by atoms with Gasteiger partial charge in [-0.3, -0.25) is 4.57 Å². The van der Waals surface area contributed by atoms with Gasteiger partial charge in [0.2, 0.25) is 0 Å². The molecule has 2 aromatic heterocycles. The van der Waals surface area contributed by atoms with Gasteiger partial charge in [0.1, 0.15) is 12.5 Å². The summed E-state index contributed by atoms with van der Waals surface area (Å²) in [6.07, 6.45) is 1.97. The van der Waals surface area contributed by atoms with E-state index >= 15 is 0 Å². The van der Waals surface area contributed by atoms with Crippen LogP contribution in [0, 0.1) is 0 Å². The summed E-state index contributed by atoms with van der Waals surface area (Å²) in [7, 11) is 0. The summed E-state index contributed by atoms with van der Waals surface area (Å²) in [4.78, 5) is 10.0. The van der Waals surface area contributed by atoms with Gasteiger partial charge in [-0.2, -0.15) is 0 Å². The molecule has 11 rings (SSSR count). The van der Waals surface area contributed by atoms with Gasteiger partial charge in [0.25, 0.3) is 0 Å². The molecule has 4 heteroatoms. The monoisotopic (exact) mass is 790 g/mol. The minimum Gasteiger partial charge on any atom is -0.321 e. The van der Waals surface area contributed by atoms with Gasteiger partial charge >= 0.3 is 0 Å². The summed E-state index contributed by atoms with van der Waals surface area (Å²) in [5, 5.41) is 2.44. The van der Waals surface area contributed by atoms with Crippen molar-refractivity contribution in [1.82, 2.24) is 9.55 Å². The average Bonchev–Trinajstić information content (AvgIpc) is 3.93. The molecule has 1 aliphatic heterocycles. The predicted octanol–water partition coefficient (Wildman–Crippen LogP) is 14.4. The van der Waals surface area contributed by atoms with E-state index in [1.54, 1.807) is 0 Å². The van der Waals surface area contributed by atoms with Gasteiger partial charge in [0, 0.05) is 28.3 Å². The second kappa shape index (κ2) is 13.6. The first-order chi connectivity index (χ1) is 29.5. The van der Waals surface area contributed by atoms with Crippen LogP contribution in [0.25, 0.3) is 38.8 Å². The Morgan fingerprint density at radius 2 is 1.05 bits per heavy atom. The molecule has 0 spiro atoms. The quantitative estimate of drug-likeness (QED) is 0.174. The molecule has 0 amide bonds. The zero-order valence-corrected chi connectivity index (χ0v) is 35.8. The highest BCUT2D eigenvalue weighted by Gasteiger charge is 2.47. The molecule has 0 saturated carbocycles. The molecule has 3 heterocycles. The Balaban J connectivity index is 1.21. The molecule has 0 fully saturated rings. The molecule has 1 aliphatic carbocycles. The smallest absolute Gasteiger partial charge is 0.137 e. The average molecular weight is 791 g/mol. The van der Waals surface area contributed by atoms with Crippen molar-refractivity contribution in [2.75, 3.05) is 16.5 Å². The molecule has 7 aromatic carbocycles. The van der Waals surface area contributed by atoms with Crippen molar-refractivity contribution in [2.45, 2.75) is 57.8 Å². The van der Waals surface area contributed by atoms with Crippen LogP contribution in [0.3, 0.4) is 0 Å². The van der Waals surface area contributed by atoms with Crippen LogP contribution in [0.1, 0.15) is 74.9 Å². The van der Waals surface area contributed by atoms with Crippen LogP contribution < -0.4 is 9.80 Å². The zero-order valence-electron chi connectivity index (χ0n) is 35.8. The third-order valence-corrected chi connectivity index (χ3v) is 13.2. The molecule has 2 aliphatic rings. The fourth-order valence-corrected chi connectivity index (χ4v) is 10.2. The molecule has 9 aromatic rings. The fraction of sp³-hybridized carbons (Fsp3) is 0.175. The van der Waals surface area contributed by atoms with Crippen LogP contribution >= 0.6 is 0 Å². The van der Waals surface area contributed by atoms with E-state index in [0.29, 0.717) is 6.67 Å². The lowest BCUT2D eigenvalue weighted by atomic mass is 9.66. The third kappa shape index (κ3) is 5.69. The van der Waals surface area contributed by atoms with E-state index in [4.69, 9.17) is 4.98 Å². The van der Waals surface area contributed by atoms with Gasteiger partial charge in [-0.05, 0) is 116 Å².